The van der Waals surface area contributed by atoms with E-state index in [0.29, 0.717) is 8.45 Å². The summed E-state index contributed by atoms with van der Waals surface area (Å²) >= 11 is -0.381. The average molecular weight is 512 g/mol. The zero-order chi connectivity index (χ0) is 20.8. The minimum atomic E-state index is -0.202. The van der Waals surface area contributed by atoms with Crippen LogP contribution in [-0.2, 0) is 0 Å². The summed E-state index contributed by atoms with van der Waals surface area (Å²) in [5.41, 5.74) is 1.79. The first-order chi connectivity index (χ1) is 14.7. The predicted molar refractivity (Wildman–Crippen MR) is 115 cm³/mol. The van der Waals surface area contributed by atoms with Gasteiger partial charge in [0.25, 0.3) is 0 Å². The Hall–Kier alpha value is -3.74. The van der Waals surface area contributed by atoms with Gasteiger partial charge in [0.1, 0.15) is 0 Å². The van der Waals surface area contributed by atoms with Crippen molar-refractivity contribution in [3.05, 3.63) is 56.3 Å². The minimum absolute atomic E-state index is 0.0624. The van der Waals surface area contributed by atoms with Crippen LogP contribution in [0.25, 0.3) is 57.2 Å². The normalized spacial score (nSPS) is 11.7. The molecule has 0 aliphatic carbocycles. The summed E-state index contributed by atoms with van der Waals surface area (Å²) in [5, 5.41) is 31.8. The van der Waals surface area contributed by atoms with Crippen LogP contribution < -0.4 is 8.45 Å². The van der Waals surface area contributed by atoms with E-state index in [-0.39, 0.29) is 40.3 Å². The van der Waals surface area contributed by atoms with E-state index >= 15 is 0 Å². The molecule has 5 rings (SSSR count). The van der Waals surface area contributed by atoms with Crippen molar-refractivity contribution in [1.82, 2.24) is 9.97 Å². The SMILES string of the molecule is [C-]#[N+]/C(C#N)=c1\nc2cc3ccc4c(ccc5nc(=C(C#N)C#N)[se]c54)c3cc2[se]1. The van der Waals surface area contributed by atoms with Crippen molar-refractivity contribution in [3.63, 3.8) is 0 Å². The van der Waals surface area contributed by atoms with E-state index in [2.05, 4.69) is 26.9 Å². The molecule has 30 heavy (non-hydrogen) atoms. The second-order valence-electron chi connectivity index (χ2n) is 6.32. The van der Waals surface area contributed by atoms with Crippen LogP contribution in [0.4, 0.5) is 0 Å². The third-order valence-corrected chi connectivity index (χ3v) is 9.24. The average Bonchev–Trinajstić information content (AvgIpc) is 3.37. The van der Waals surface area contributed by atoms with Crippen LogP contribution in [0.3, 0.4) is 0 Å². The maximum atomic E-state index is 9.18. The molecule has 0 saturated heterocycles. The first-order valence-corrected chi connectivity index (χ1v) is 12.0. The Kier molecular flexibility index (Phi) is 4.24. The van der Waals surface area contributed by atoms with E-state index < -0.39 is 0 Å². The van der Waals surface area contributed by atoms with Gasteiger partial charge in [0.2, 0.25) is 0 Å². The van der Waals surface area contributed by atoms with E-state index in [4.69, 9.17) is 11.8 Å². The molecule has 3 aromatic carbocycles. The number of aromatic nitrogens is 2. The number of hydrogen-bond donors (Lipinski definition) is 0. The second-order valence-corrected chi connectivity index (χ2v) is 10.6. The number of benzene rings is 3. The van der Waals surface area contributed by atoms with Crippen molar-refractivity contribution in [3.8, 4) is 18.2 Å². The number of hydrogen-bond acceptors (Lipinski definition) is 5. The summed E-state index contributed by atoms with van der Waals surface area (Å²) in [7, 11) is 0. The molecular formula is C22H6N6Se2. The van der Waals surface area contributed by atoms with Crippen LogP contribution in [0.15, 0.2) is 36.4 Å². The quantitative estimate of drug-likeness (QED) is 0.179. The number of fused-ring (bicyclic) bond motifs is 6. The van der Waals surface area contributed by atoms with E-state index in [0.717, 1.165) is 41.1 Å². The number of nitrogens with zero attached hydrogens (tertiary/aromatic N) is 6. The van der Waals surface area contributed by atoms with Gasteiger partial charge in [-0.1, -0.05) is 0 Å². The molecule has 0 atom stereocenters. The zero-order valence-electron chi connectivity index (χ0n) is 15.0. The van der Waals surface area contributed by atoms with Crippen molar-refractivity contribution in [2.24, 2.45) is 0 Å². The van der Waals surface area contributed by atoms with Crippen molar-refractivity contribution in [2.75, 3.05) is 0 Å². The third kappa shape index (κ3) is 2.66. The molecule has 8 heteroatoms. The van der Waals surface area contributed by atoms with E-state index in [9.17, 15) is 10.5 Å². The van der Waals surface area contributed by atoms with E-state index in [1.54, 1.807) is 0 Å². The van der Waals surface area contributed by atoms with Gasteiger partial charge in [0.15, 0.2) is 0 Å². The van der Waals surface area contributed by atoms with Gasteiger partial charge in [-0.25, -0.2) is 0 Å². The third-order valence-electron chi connectivity index (χ3n) is 4.73. The predicted octanol–water partition coefficient (Wildman–Crippen LogP) is 1.95. The van der Waals surface area contributed by atoms with Crippen LogP contribution >= 0.6 is 0 Å². The number of rotatable bonds is 0. The Labute approximate surface area is 181 Å². The van der Waals surface area contributed by atoms with Gasteiger partial charge in [-0.2, -0.15) is 0 Å². The molecule has 6 nitrogen and oxygen atoms in total. The monoisotopic (exact) mass is 514 g/mol. The molecule has 2 heterocycles. The fourth-order valence-corrected chi connectivity index (χ4v) is 7.52. The molecule has 0 bridgehead atoms. The first kappa shape index (κ1) is 18.3. The van der Waals surface area contributed by atoms with Crippen LogP contribution in [0.1, 0.15) is 0 Å². The van der Waals surface area contributed by atoms with Crippen molar-refractivity contribution < 1.29 is 0 Å². The Morgan fingerprint density at radius 2 is 1.60 bits per heavy atom. The summed E-state index contributed by atoms with van der Waals surface area (Å²) in [4.78, 5) is 12.3. The van der Waals surface area contributed by atoms with Gasteiger partial charge < -0.3 is 0 Å². The summed E-state index contributed by atoms with van der Waals surface area (Å²) in [6.45, 7) is 7.17. The summed E-state index contributed by atoms with van der Waals surface area (Å²) in [5.74, 6) is 0. The van der Waals surface area contributed by atoms with Gasteiger partial charge in [-0.05, 0) is 0 Å². The Morgan fingerprint density at radius 1 is 0.833 bits per heavy atom. The number of nitriles is 3. The maximum absolute atomic E-state index is 9.18. The molecule has 136 valence electrons. The van der Waals surface area contributed by atoms with Gasteiger partial charge in [-0.15, -0.1) is 0 Å². The first-order valence-electron chi connectivity index (χ1n) is 8.56. The van der Waals surface area contributed by atoms with Crippen LogP contribution in [0.5, 0.6) is 0 Å². The molecule has 5 aromatic rings. The van der Waals surface area contributed by atoms with Gasteiger partial charge in [0.05, 0.1) is 0 Å². The van der Waals surface area contributed by atoms with Gasteiger partial charge in [-0.3, -0.25) is 0 Å². The Morgan fingerprint density at radius 3 is 2.33 bits per heavy atom. The van der Waals surface area contributed by atoms with Crippen LogP contribution in [0, 0.1) is 40.6 Å². The van der Waals surface area contributed by atoms with Crippen LogP contribution in [0.2, 0.25) is 0 Å². The van der Waals surface area contributed by atoms with Crippen molar-refractivity contribution in [2.45, 2.75) is 0 Å². The fourth-order valence-electron chi connectivity index (χ4n) is 3.40. The Bertz CT molecular complexity index is 1810. The molecule has 0 fully saturated rings. The summed E-state index contributed by atoms with van der Waals surface area (Å²) < 4.78 is 3.29. The molecule has 0 saturated carbocycles. The zero-order valence-corrected chi connectivity index (χ0v) is 18.4. The molecule has 0 amide bonds. The molecule has 0 aliphatic heterocycles. The van der Waals surface area contributed by atoms with Crippen LogP contribution in [-0.4, -0.2) is 39.0 Å². The molecule has 2 aromatic heterocycles. The topological polar surface area (TPSA) is 102 Å². The second kappa shape index (κ2) is 6.95. The molecule has 0 N–H and O–H groups in total. The van der Waals surface area contributed by atoms with E-state index in [1.165, 1.54) is 0 Å². The molecule has 0 unspecified atom stereocenters. The standard InChI is InChI=1S/C22H6N6Se2/c1-26-18(10-25)22-28-17-6-11-2-3-14-13(15(11)7-19(17)29-22)4-5-16-20(14)30-21(27-16)12(8-23)9-24/h2-7H/b22-18+. The molecule has 0 aliphatic rings. The molecule has 0 spiro atoms. The van der Waals surface area contributed by atoms with Gasteiger partial charge in [0, 0.05) is 0 Å². The Balaban J connectivity index is 1.89. The fraction of sp³-hybridized carbons (Fsp3) is 0. The molecule has 0 radical (unpaired) electrons. The van der Waals surface area contributed by atoms with Gasteiger partial charge >= 0.3 is 182 Å². The van der Waals surface area contributed by atoms with Crippen molar-refractivity contribution >= 4 is 81.4 Å². The summed E-state index contributed by atoms with van der Waals surface area (Å²) in [6, 6.07) is 18.0. The molecular weight excluding hydrogens is 506 g/mol. The van der Waals surface area contributed by atoms with Crippen molar-refractivity contribution in [1.29, 1.82) is 15.8 Å². The van der Waals surface area contributed by atoms with E-state index in [1.807, 2.05) is 42.5 Å². The summed E-state index contributed by atoms with van der Waals surface area (Å²) in [6.07, 6.45) is 0.